The maximum Gasteiger partial charge on any atom is 0.270 e. The summed E-state index contributed by atoms with van der Waals surface area (Å²) in [6.45, 7) is 5.44. The lowest BCUT2D eigenvalue weighted by Crippen LogP contribution is -2.54. The number of hydrogen-bond donors (Lipinski definition) is 0. The van der Waals surface area contributed by atoms with Crippen LogP contribution in [-0.4, -0.2) is 53.4 Å². The van der Waals surface area contributed by atoms with Crippen LogP contribution in [0.5, 0.6) is 0 Å². The van der Waals surface area contributed by atoms with Gasteiger partial charge >= 0.3 is 0 Å². The van der Waals surface area contributed by atoms with Crippen LogP contribution in [0.2, 0.25) is 0 Å². The van der Waals surface area contributed by atoms with Gasteiger partial charge in [-0.1, -0.05) is 6.08 Å². The van der Waals surface area contributed by atoms with E-state index in [-0.39, 0.29) is 24.2 Å². The highest BCUT2D eigenvalue weighted by molar-refractivity contribution is 5.93. The molecule has 0 radical (unpaired) electrons. The number of carbonyl (C=O) groups is 1. The van der Waals surface area contributed by atoms with Gasteiger partial charge in [-0.25, -0.2) is 0 Å². The second kappa shape index (κ2) is 6.03. The monoisotopic (exact) mass is 290 g/mol. The summed E-state index contributed by atoms with van der Waals surface area (Å²) in [5, 5.41) is 0. The van der Waals surface area contributed by atoms with Crippen LogP contribution < -0.4 is 0 Å². The van der Waals surface area contributed by atoms with E-state index in [0.29, 0.717) is 19.8 Å². The molecule has 21 heavy (non-hydrogen) atoms. The Morgan fingerprint density at radius 2 is 2.43 bits per heavy atom. The molecule has 1 amide bonds. The van der Waals surface area contributed by atoms with Crippen LogP contribution in [0.4, 0.5) is 0 Å². The third-order valence-corrected chi connectivity index (χ3v) is 4.39. The van der Waals surface area contributed by atoms with Crippen molar-refractivity contribution < 1.29 is 14.3 Å². The van der Waals surface area contributed by atoms with E-state index in [9.17, 15) is 4.79 Å². The number of aromatic nitrogens is 1. The van der Waals surface area contributed by atoms with Crippen molar-refractivity contribution in [1.29, 1.82) is 0 Å². The highest BCUT2D eigenvalue weighted by Gasteiger charge is 2.45. The summed E-state index contributed by atoms with van der Waals surface area (Å²) in [4.78, 5) is 14.7. The number of amides is 1. The van der Waals surface area contributed by atoms with E-state index in [4.69, 9.17) is 9.47 Å². The normalized spacial score (nSPS) is 28.4. The molecule has 0 N–H and O–H groups in total. The van der Waals surface area contributed by atoms with Crippen molar-refractivity contribution in [3.63, 3.8) is 0 Å². The van der Waals surface area contributed by atoms with E-state index >= 15 is 0 Å². The third-order valence-electron chi connectivity index (χ3n) is 4.39. The maximum absolute atomic E-state index is 12.7. The zero-order valence-electron chi connectivity index (χ0n) is 12.4. The highest BCUT2D eigenvalue weighted by atomic mass is 16.5. The van der Waals surface area contributed by atoms with Crippen molar-refractivity contribution in [2.24, 2.45) is 7.05 Å². The average molecular weight is 290 g/mol. The number of morpholine rings is 1. The van der Waals surface area contributed by atoms with Gasteiger partial charge in [0.25, 0.3) is 5.91 Å². The maximum atomic E-state index is 12.7. The second-order valence-electron chi connectivity index (χ2n) is 5.64. The lowest BCUT2D eigenvalue weighted by Gasteiger charge is -2.39. The zero-order chi connectivity index (χ0) is 14.8. The zero-order valence-corrected chi connectivity index (χ0v) is 12.4. The number of fused-ring (bicyclic) bond motifs is 1. The molecular weight excluding hydrogens is 268 g/mol. The average Bonchev–Trinajstić information content (AvgIpc) is 3.10. The van der Waals surface area contributed by atoms with Gasteiger partial charge in [-0.05, 0) is 25.0 Å². The van der Waals surface area contributed by atoms with Crippen LogP contribution in [-0.2, 0) is 16.5 Å². The molecule has 5 heteroatoms. The first-order chi connectivity index (χ1) is 10.2. The number of nitrogens with zero attached hydrogens (tertiary/aromatic N) is 2. The molecule has 1 aromatic heterocycles. The molecule has 2 fully saturated rings. The SMILES string of the molecule is C=CCO[C@H]1CC[C@H]2[C@H]1OCCN2C(=O)c1cccn1C. The molecule has 1 aromatic rings. The van der Waals surface area contributed by atoms with Crippen molar-refractivity contribution in [2.45, 2.75) is 31.1 Å². The van der Waals surface area contributed by atoms with Gasteiger partial charge in [0.1, 0.15) is 11.8 Å². The van der Waals surface area contributed by atoms with Crippen molar-refractivity contribution in [2.75, 3.05) is 19.8 Å². The van der Waals surface area contributed by atoms with Crippen LogP contribution in [0.1, 0.15) is 23.3 Å². The Morgan fingerprint density at radius 1 is 1.57 bits per heavy atom. The summed E-state index contributed by atoms with van der Waals surface area (Å²) in [7, 11) is 1.90. The summed E-state index contributed by atoms with van der Waals surface area (Å²) in [6.07, 6.45) is 5.57. The first-order valence-electron chi connectivity index (χ1n) is 7.48. The molecule has 0 bridgehead atoms. The van der Waals surface area contributed by atoms with E-state index in [1.165, 1.54) is 0 Å². The molecule has 0 spiro atoms. The highest BCUT2D eigenvalue weighted by Crippen LogP contribution is 2.33. The fourth-order valence-corrected chi connectivity index (χ4v) is 3.37. The topological polar surface area (TPSA) is 43.7 Å². The first-order valence-corrected chi connectivity index (χ1v) is 7.48. The minimum Gasteiger partial charge on any atom is -0.372 e. The van der Waals surface area contributed by atoms with Crippen LogP contribution in [0.3, 0.4) is 0 Å². The molecule has 1 saturated carbocycles. The Bertz CT molecular complexity index is 525. The lowest BCUT2D eigenvalue weighted by atomic mass is 10.1. The van der Waals surface area contributed by atoms with Gasteiger partial charge in [0, 0.05) is 19.8 Å². The summed E-state index contributed by atoms with van der Waals surface area (Å²) in [5.74, 6) is 0.0881. The molecule has 0 unspecified atom stereocenters. The largest absolute Gasteiger partial charge is 0.372 e. The van der Waals surface area contributed by atoms with Gasteiger partial charge in [0.05, 0.1) is 25.4 Å². The van der Waals surface area contributed by atoms with Gasteiger partial charge in [0.15, 0.2) is 0 Å². The van der Waals surface area contributed by atoms with Crippen molar-refractivity contribution in [3.05, 3.63) is 36.7 Å². The van der Waals surface area contributed by atoms with Gasteiger partial charge in [-0.2, -0.15) is 0 Å². The fourth-order valence-electron chi connectivity index (χ4n) is 3.37. The number of aryl methyl sites for hydroxylation is 1. The van der Waals surface area contributed by atoms with Crippen molar-refractivity contribution in [3.8, 4) is 0 Å². The lowest BCUT2D eigenvalue weighted by molar-refractivity contribution is -0.100. The molecule has 5 nitrogen and oxygen atoms in total. The van der Waals surface area contributed by atoms with Crippen molar-refractivity contribution >= 4 is 5.91 Å². The molecule has 0 aromatic carbocycles. The number of rotatable bonds is 4. The Labute approximate surface area is 125 Å². The number of hydrogen-bond acceptors (Lipinski definition) is 3. The summed E-state index contributed by atoms with van der Waals surface area (Å²) in [6, 6.07) is 3.89. The molecule has 3 rings (SSSR count). The van der Waals surface area contributed by atoms with Crippen LogP contribution in [0.25, 0.3) is 0 Å². The van der Waals surface area contributed by atoms with Gasteiger partial charge in [-0.15, -0.1) is 6.58 Å². The predicted molar refractivity (Wildman–Crippen MR) is 79.1 cm³/mol. The minimum absolute atomic E-state index is 0.0112. The molecule has 1 saturated heterocycles. The van der Waals surface area contributed by atoms with E-state index in [1.807, 2.05) is 34.8 Å². The van der Waals surface area contributed by atoms with Crippen LogP contribution in [0, 0.1) is 0 Å². The standard InChI is InChI=1S/C16H22N2O3/c1-3-10-20-14-7-6-12-15(14)21-11-9-18(12)16(19)13-5-4-8-17(13)2/h3-5,8,12,14-15H,1,6-7,9-11H2,2H3/t12-,14-,15+/m0/s1. The van der Waals surface area contributed by atoms with Crippen LogP contribution >= 0.6 is 0 Å². The van der Waals surface area contributed by atoms with Crippen molar-refractivity contribution in [1.82, 2.24) is 9.47 Å². The van der Waals surface area contributed by atoms with E-state index < -0.39 is 0 Å². The second-order valence-corrected chi connectivity index (χ2v) is 5.64. The van der Waals surface area contributed by atoms with Gasteiger partial charge in [-0.3, -0.25) is 4.79 Å². The van der Waals surface area contributed by atoms with Crippen LogP contribution in [0.15, 0.2) is 31.0 Å². The Hall–Kier alpha value is -1.59. The van der Waals surface area contributed by atoms with Gasteiger partial charge < -0.3 is 18.9 Å². The quantitative estimate of drug-likeness (QED) is 0.791. The summed E-state index contributed by atoms with van der Waals surface area (Å²) < 4.78 is 13.5. The van der Waals surface area contributed by atoms with E-state index in [2.05, 4.69) is 6.58 Å². The first kappa shape index (κ1) is 14.4. The molecular formula is C16H22N2O3. The summed E-state index contributed by atoms with van der Waals surface area (Å²) >= 11 is 0. The Balaban J connectivity index is 1.74. The molecule has 2 heterocycles. The minimum atomic E-state index is -0.0112. The fraction of sp³-hybridized carbons (Fsp3) is 0.562. The molecule has 2 aliphatic rings. The Morgan fingerprint density at radius 3 is 3.14 bits per heavy atom. The molecule has 3 atom stereocenters. The van der Waals surface area contributed by atoms with Gasteiger partial charge in [0.2, 0.25) is 0 Å². The molecule has 1 aliphatic heterocycles. The van der Waals surface area contributed by atoms with E-state index in [1.54, 1.807) is 6.08 Å². The number of carbonyl (C=O) groups excluding carboxylic acids is 1. The van der Waals surface area contributed by atoms with E-state index in [0.717, 1.165) is 18.5 Å². The smallest absolute Gasteiger partial charge is 0.270 e. The predicted octanol–water partition coefficient (Wildman–Crippen LogP) is 1.60. The molecule has 114 valence electrons. The summed E-state index contributed by atoms with van der Waals surface area (Å²) in [5.41, 5.74) is 0.728. The molecule has 1 aliphatic carbocycles. The Kier molecular flexibility index (Phi) is 4.12. The number of ether oxygens (including phenoxy) is 2. The third kappa shape index (κ3) is 2.63.